The highest BCUT2D eigenvalue weighted by atomic mass is 16.2. The van der Waals surface area contributed by atoms with E-state index in [4.69, 9.17) is 5.73 Å². The lowest BCUT2D eigenvalue weighted by Crippen LogP contribution is -2.51. The third kappa shape index (κ3) is 3.06. The Balaban J connectivity index is 2.37. The predicted molar refractivity (Wildman–Crippen MR) is 62.8 cm³/mol. The standard InChI is InChI=1S/C11H20N4O/c1-4-11(2,12)10(16)13-7-5-9-6-8-14-15(9)3/h6,8H,4-5,7,12H2,1-3H3,(H,13,16). The lowest BCUT2D eigenvalue weighted by atomic mass is 9.99. The van der Waals surface area contributed by atoms with E-state index in [2.05, 4.69) is 10.4 Å². The Hall–Kier alpha value is -1.36. The summed E-state index contributed by atoms with van der Waals surface area (Å²) in [6.45, 7) is 4.23. The molecule has 16 heavy (non-hydrogen) atoms. The van der Waals surface area contributed by atoms with E-state index in [9.17, 15) is 4.79 Å². The summed E-state index contributed by atoms with van der Waals surface area (Å²) >= 11 is 0. The molecule has 5 nitrogen and oxygen atoms in total. The van der Waals surface area contributed by atoms with Gasteiger partial charge in [0, 0.05) is 31.9 Å². The molecule has 0 radical (unpaired) electrons. The second-order valence-corrected chi connectivity index (χ2v) is 4.22. The van der Waals surface area contributed by atoms with Crippen molar-refractivity contribution in [3.8, 4) is 0 Å². The first-order chi connectivity index (χ1) is 7.47. The molecule has 0 aliphatic carbocycles. The van der Waals surface area contributed by atoms with E-state index in [1.54, 1.807) is 17.8 Å². The molecule has 0 saturated carbocycles. The van der Waals surface area contributed by atoms with Crippen molar-refractivity contribution in [2.24, 2.45) is 12.8 Å². The summed E-state index contributed by atoms with van der Waals surface area (Å²) in [6, 6.07) is 1.94. The zero-order valence-corrected chi connectivity index (χ0v) is 10.2. The van der Waals surface area contributed by atoms with Crippen molar-refractivity contribution in [3.63, 3.8) is 0 Å². The molecule has 0 aliphatic rings. The molecule has 90 valence electrons. The fourth-order valence-corrected chi connectivity index (χ4v) is 1.31. The lowest BCUT2D eigenvalue weighted by molar-refractivity contribution is -0.125. The molecular weight excluding hydrogens is 204 g/mol. The third-order valence-corrected chi connectivity index (χ3v) is 2.84. The molecule has 0 saturated heterocycles. The van der Waals surface area contributed by atoms with Gasteiger partial charge in [0.1, 0.15) is 0 Å². The van der Waals surface area contributed by atoms with Crippen LogP contribution < -0.4 is 11.1 Å². The maximum absolute atomic E-state index is 11.7. The van der Waals surface area contributed by atoms with Gasteiger partial charge in [0.05, 0.1) is 5.54 Å². The van der Waals surface area contributed by atoms with Gasteiger partial charge in [-0.05, 0) is 19.4 Å². The maximum atomic E-state index is 11.7. The van der Waals surface area contributed by atoms with Crippen molar-refractivity contribution < 1.29 is 4.79 Å². The minimum atomic E-state index is -0.771. The Bertz CT molecular complexity index is 357. The number of carbonyl (C=O) groups is 1. The molecule has 0 aliphatic heterocycles. The molecule has 1 heterocycles. The smallest absolute Gasteiger partial charge is 0.239 e. The van der Waals surface area contributed by atoms with Gasteiger partial charge in [0.2, 0.25) is 5.91 Å². The van der Waals surface area contributed by atoms with Crippen LogP contribution in [0.3, 0.4) is 0 Å². The number of hydrogen-bond acceptors (Lipinski definition) is 3. The van der Waals surface area contributed by atoms with Crippen molar-refractivity contribution in [2.45, 2.75) is 32.2 Å². The first-order valence-corrected chi connectivity index (χ1v) is 5.51. The van der Waals surface area contributed by atoms with E-state index < -0.39 is 5.54 Å². The molecule has 1 unspecified atom stereocenters. The van der Waals surface area contributed by atoms with Gasteiger partial charge >= 0.3 is 0 Å². The largest absolute Gasteiger partial charge is 0.354 e. The van der Waals surface area contributed by atoms with E-state index in [-0.39, 0.29) is 5.91 Å². The zero-order chi connectivity index (χ0) is 12.2. The van der Waals surface area contributed by atoms with Gasteiger partial charge in [0.25, 0.3) is 0 Å². The van der Waals surface area contributed by atoms with E-state index in [0.717, 1.165) is 12.1 Å². The van der Waals surface area contributed by atoms with E-state index in [1.807, 2.05) is 20.0 Å². The Morgan fingerprint density at radius 2 is 2.38 bits per heavy atom. The van der Waals surface area contributed by atoms with Crippen LogP contribution in [0.25, 0.3) is 0 Å². The summed E-state index contributed by atoms with van der Waals surface area (Å²) in [6.07, 6.45) is 3.14. The summed E-state index contributed by atoms with van der Waals surface area (Å²) in [5.74, 6) is -0.0998. The van der Waals surface area contributed by atoms with Crippen LogP contribution in [-0.2, 0) is 18.3 Å². The number of aromatic nitrogens is 2. The highest BCUT2D eigenvalue weighted by Gasteiger charge is 2.25. The highest BCUT2D eigenvalue weighted by Crippen LogP contribution is 2.04. The molecule has 1 atom stereocenters. The summed E-state index contributed by atoms with van der Waals surface area (Å²) in [7, 11) is 1.89. The molecule has 3 N–H and O–H groups in total. The molecule has 1 amide bonds. The first-order valence-electron chi connectivity index (χ1n) is 5.51. The molecular formula is C11H20N4O. The van der Waals surface area contributed by atoms with Crippen LogP contribution in [0.1, 0.15) is 26.0 Å². The van der Waals surface area contributed by atoms with Gasteiger partial charge in [-0.15, -0.1) is 0 Å². The van der Waals surface area contributed by atoms with Crippen molar-refractivity contribution in [1.29, 1.82) is 0 Å². The molecule has 0 bridgehead atoms. The number of nitrogens with zero attached hydrogens (tertiary/aromatic N) is 2. The van der Waals surface area contributed by atoms with Gasteiger partial charge in [-0.3, -0.25) is 9.48 Å². The van der Waals surface area contributed by atoms with E-state index in [1.165, 1.54) is 0 Å². The lowest BCUT2D eigenvalue weighted by Gasteiger charge is -2.21. The number of rotatable bonds is 5. The van der Waals surface area contributed by atoms with E-state index >= 15 is 0 Å². The molecule has 1 rings (SSSR count). The monoisotopic (exact) mass is 224 g/mol. The van der Waals surface area contributed by atoms with Crippen LogP contribution in [-0.4, -0.2) is 27.8 Å². The maximum Gasteiger partial charge on any atom is 0.239 e. The van der Waals surface area contributed by atoms with Crippen LogP contribution in [0.4, 0.5) is 0 Å². The molecule has 5 heteroatoms. The Morgan fingerprint density at radius 3 is 2.88 bits per heavy atom. The molecule has 0 aromatic carbocycles. The third-order valence-electron chi connectivity index (χ3n) is 2.84. The average Bonchev–Trinajstić information content (AvgIpc) is 2.64. The van der Waals surface area contributed by atoms with Crippen molar-refractivity contribution >= 4 is 5.91 Å². The minimum absolute atomic E-state index is 0.0998. The summed E-state index contributed by atoms with van der Waals surface area (Å²) < 4.78 is 1.80. The highest BCUT2D eigenvalue weighted by molar-refractivity contribution is 5.85. The number of carbonyl (C=O) groups excluding carboxylic acids is 1. The molecule has 0 spiro atoms. The van der Waals surface area contributed by atoms with Crippen LogP contribution >= 0.6 is 0 Å². The predicted octanol–water partition coefficient (Wildman–Crippen LogP) is 0.206. The van der Waals surface area contributed by atoms with Crippen LogP contribution in [0.15, 0.2) is 12.3 Å². The number of hydrogen-bond donors (Lipinski definition) is 2. The molecule has 1 aromatic heterocycles. The van der Waals surface area contributed by atoms with Crippen LogP contribution in [0, 0.1) is 0 Å². The number of nitrogens with one attached hydrogen (secondary N) is 1. The Morgan fingerprint density at radius 1 is 1.69 bits per heavy atom. The fourth-order valence-electron chi connectivity index (χ4n) is 1.31. The molecule has 1 aromatic rings. The van der Waals surface area contributed by atoms with Crippen LogP contribution in [0.2, 0.25) is 0 Å². The second kappa shape index (κ2) is 5.12. The topological polar surface area (TPSA) is 72.9 Å². The summed E-state index contributed by atoms with van der Waals surface area (Å²) in [5.41, 5.74) is 6.14. The Kier molecular flexibility index (Phi) is 4.06. The zero-order valence-electron chi connectivity index (χ0n) is 10.2. The number of nitrogens with two attached hydrogens (primary N) is 1. The van der Waals surface area contributed by atoms with Crippen molar-refractivity contribution in [1.82, 2.24) is 15.1 Å². The quantitative estimate of drug-likeness (QED) is 0.750. The number of aryl methyl sites for hydroxylation is 1. The number of amides is 1. The summed E-state index contributed by atoms with van der Waals surface area (Å²) in [4.78, 5) is 11.7. The van der Waals surface area contributed by atoms with Gasteiger partial charge < -0.3 is 11.1 Å². The second-order valence-electron chi connectivity index (χ2n) is 4.22. The SMILES string of the molecule is CCC(C)(N)C(=O)NCCc1ccnn1C. The van der Waals surface area contributed by atoms with Crippen molar-refractivity contribution in [3.05, 3.63) is 18.0 Å². The summed E-state index contributed by atoms with van der Waals surface area (Å²) in [5, 5.41) is 6.89. The van der Waals surface area contributed by atoms with Gasteiger partial charge in [-0.25, -0.2) is 0 Å². The Labute approximate surface area is 96.0 Å². The van der Waals surface area contributed by atoms with Gasteiger partial charge in [-0.1, -0.05) is 6.92 Å². The van der Waals surface area contributed by atoms with E-state index in [0.29, 0.717) is 13.0 Å². The molecule has 0 fully saturated rings. The normalized spacial score (nSPS) is 14.5. The first kappa shape index (κ1) is 12.7. The van der Waals surface area contributed by atoms with Gasteiger partial charge in [0.15, 0.2) is 0 Å². The fraction of sp³-hybridized carbons (Fsp3) is 0.636. The van der Waals surface area contributed by atoms with Gasteiger partial charge in [-0.2, -0.15) is 5.10 Å². The average molecular weight is 224 g/mol. The van der Waals surface area contributed by atoms with Crippen LogP contribution in [0.5, 0.6) is 0 Å². The van der Waals surface area contributed by atoms with Crippen molar-refractivity contribution in [2.75, 3.05) is 6.54 Å². The minimum Gasteiger partial charge on any atom is -0.354 e.